The summed E-state index contributed by atoms with van der Waals surface area (Å²) in [6.07, 6.45) is 2.10. The second-order valence-corrected chi connectivity index (χ2v) is 6.32. The molecule has 0 spiro atoms. The molecule has 2 heterocycles. The number of amides is 1. The van der Waals surface area contributed by atoms with Crippen LogP contribution in [-0.2, 0) is 6.42 Å². The van der Waals surface area contributed by atoms with Crippen LogP contribution in [0.4, 0.5) is 0 Å². The fourth-order valence-electron chi connectivity index (χ4n) is 2.81. The molecule has 1 aromatic carbocycles. The normalized spacial score (nSPS) is 15.7. The Morgan fingerprint density at radius 2 is 1.96 bits per heavy atom. The average molecular weight is 352 g/mol. The van der Waals surface area contributed by atoms with Gasteiger partial charge in [0.25, 0.3) is 5.91 Å². The van der Waals surface area contributed by atoms with E-state index in [4.69, 9.17) is 0 Å². The summed E-state index contributed by atoms with van der Waals surface area (Å²) >= 11 is 1.47. The van der Waals surface area contributed by atoms with Crippen LogP contribution in [0.3, 0.4) is 0 Å². The highest BCUT2D eigenvalue weighted by atomic mass is 35.5. The number of benzene rings is 1. The molecule has 1 aromatic heterocycles. The Hall–Kier alpha value is -1.43. The summed E-state index contributed by atoms with van der Waals surface area (Å²) in [6.45, 7) is 4.70. The van der Waals surface area contributed by atoms with Gasteiger partial charge in [0.2, 0.25) is 0 Å². The number of nitrogens with zero attached hydrogens (tertiary/aromatic N) is 3. The van der Waals surface area contributed by atoms with E-state index >= 15 is 0 Å². The van der Waals surface area contributed by atoms with Gasteiger partial charge in [0, 0.05) is 31.6 Å². The Balaban J connectivity index is 0.00000192. The number of hydrogen-bond acceptors (Lipinski definition) is 4. The van der Waals surface area contributed by atoms with Crippen molar-refractivity contribution in [2.45, 2.75) is 12.8 Å². The van der Waals surface area contributed by atoms with Crippen LogP contribution in [0.15, 0.2) is 41.2 Å². The number of rotatable bonds is 4. The highest BCUT2D eigenvalue weighted by Crippen LogP contribution is 2.10. The molecule has 1 saturated heterocycles. The average Bonchev–Trinajstić information content (AvgIpc) is 2.99. The van der Waals surface area contributed by atoms with Gasteiger partial charge < -0.3 is 9.80 Å². The molecule has 1 aliphatic rings. The number of hydrogen-bond donors (Lipinski definition) is 0. The zero-order chi connectivity index (χ0) is 15.2. The van der Waals surface area contributed by atoms with Gasteiger partial charge in [0.05, 0.1) is 5.51 Å². The van der Waals surface area contributed by atoms with Crippen LogP contribution in [0.1, 0.15) is 22.5 Å². The summed E-state index contributed by atoms with van der Waals surface area (Å²) in [5.41, 5.74) is 3.68. The van der Waals surface area contributed by atoms with E-state index in [1.165, 1.54) is 16.9 Å². The van der Waals surface area contributed by atoms with E-state index in [9.17, 15) is 4.79 Å². The molecule has 4 nitrogen and oxygen atoms in total. The van der Waals surface area contributed by atoms with Crippen molar-refractivity contribution in [1.29, 1.82) is 0 Å². The molecule has 0 N–H and O–H groups in total. The number of carbonyl (C=O) groups is 1. The fourth-order valence-corrected chi connectivity index (χ4v) is 3.34. The van der Waals surface area contributed by atoms with Crippen LogP contribution < -0.4 is 0 Å². The maximum Gasteiger partial charge on any atom is 0.273 e. The van der Waals surface area contributed by atoms with E-state index in [0.717, 1.165) is 45.6 Å². The monoisotopic (exact) mass is 351 g/mol. The summed E-state index contributed by atoms with van der Waals surface area (Å²) in [5, 5.41) is 1.83. The molecule has 2 aromatic rings. The Labute approximate surface area is 147 Å². The molecule has 0 radical (unpaired) electrons. The van der Waals surface area contributed by atoms with Crippen LogP contribution >= 0.6 is 23.7 Å². The van der Waals surface area contributed by atoms with Gasteiger partial charge in [-0.25, -0.2) is 4.98 Å². The molecule has 23 heavy (non-hydrogen) atoms. The molecule has 1 fully saturated rings. The predicted octanol–water partition coefficient (Wildman–Crippen LogP) is 2.96. The molecular weight excluding hydrogens is 330 g/mol. The first-order valence-electron chi connectivity index (χ1n) is 7.76. The third-order valence-corrected chi connectivity index (χ3v) is 4.67. The highest BCUT2D eigenvalue weighted by molar-refractivity contribution is 7.07. The summed E-state index contributed by atoms with van der Waals surface area (Å²) < 4.78 is 0. The van der Waals surface area contributed by atoms with Crippen LogP contribution in [0.5, 0.6) is 0 Å². The minimum atomic E-state index is 0. The van der Waals surface area contributed by atoms with Gasteiger partial charge in [-0.15, -0.1) is 23.7 Å². The molecule has 124 valence electrons. The van der Waals surface area contributed by atoms with Gasteiger partial charge in [-0.2, -0.15) is 0 Å². The maximum atomic E-state index is 12.4. The maximum absolute atomic E-state index is 12.4. The predicted molar refractivity (Wildman–Crippen MR) is 96.5 cm³/mol. The molecule has 0 saturated carbocycles. The van der Waals surface area contributed by atoms with Crippen molar-refractivity contribution in [2.75, 3.05) is 32.7 Å². The lowest BCUT2D eigenvalue weighted by Gasteiger charge is -2.21. The quantitative estimate of drug-likeness (QED) is 0.849. The van der Waals surface area contributed by atoms with Gasteiger partial charge in [0.15, 0.2) is 0 Å². The minimum absolute atomic E-state index is 0. The first-order valence-corrected chi connectivity index (χ1v) is 8.71. The Kier molecular flexibility index (Phi) is 7.02. The van der Waals surface area contributed by atoms with Gasteiger partial charge in [-0.1, -0.05) is 30.3 Å². The zero-order valence-corrected chi connectivity index (χ0v) is 14.7. The molecule has 0 unspecified atom stereocenters. The van der Waals surface area contributed by atoms with Crippen molar-refractivity contribution in [3.8, 4) is 0 Å². The van der Waals surface area contributed by atoms with Crippen LogP contribution in [0.2, 0.25) is 0 Å². The molecule has 6 heteroatoms. The lowest BCUT2D eigenvalue weighted by Crippen LogP contribution is -2.35. The van der Waals surface area contributed by atoms with Gasteiger partial charge in [-0.3, -0.25) is 4.79 Å². The van der Waals surface area contributed by atoms with Gasteiger partial charge in [-0.05, 0) is 24.9 Å². The molecule has 3 rings (SSSR count). The van der Waals surface area contributed by atoms with Gasteiger partial charge >= 0.3 is 0 Å². The third kappa shape index (κ3) is 5.03. The summed E-state index contributed by atoms with van der Waals surface area (Å²) in [7, 11) is 0. The van der Waals surface area contributed by atoms with E-state index < -0.39 is 0 Å². The van der Waals surface area contributed by atoms with E-state index in [-0.39, 0.29) is 18.3 Å². The van der Waals surface area contributed by atoms with Crippen LogP contribution in [-0.4, -0.2) is 53.4 Å². The van der Waals surface area contributed by atoms with Crippen LogP contribution in [0.25, 0.3) is 0 Å². The van der Waals surface area contributed by atoms with E-state index in [1.807, 2.05) is 10.3 Å². The standard InChI is InChI=1S/C17H21N3OS.ClH/c21-17(16-13-22-14-18-16)20-9-4-8-19(11-12-20)10-7-15-5-2-1-3-6-15;/h1-3,5-6,13-14H,4,7-12H2;1H. The Morgan fingerprint density at radius 1 is 1.13 bits per heavy atom. The molecule has 0 aliphatic carbocycles. The SMILES string of the molecule is Cl.O=C(c1cscn1)N1CCCN(CCc2ccccc2)CC1. The minimum Gasteiger partial charge on any atom is -0.336 e. The van der Waals surface area contributed by atoms with E-state index in [1.54, 1.807) is 5.51 Å². The van der Waals surface area contributed by atoms with Gasteiger partial charge in [0.1, 0.15) is 5.69 Å². The highest BCUT2D eigenvalue weighted by Gasteiger charge is 2.21. The summed E-state index contributed by atoms with van der Waals surface area (Å²) in [5.74, 6) is 0.0751. The fraction of sp³-hybridized carbons (Fsp3) is 0.412. The second-order valence-electron chi connectivity index (χ2n) is 5.60. The van der Waals surface area contributed by atoms with Crippen molar-refractivity contribution >= 4 is 29.7 Å². The Morgan fingerprint density at radius 3 is 2.70 bits per heavy atom. The first kappa shape index (κ1) is 17.9. The Bertz CT molecular complexity index is 591. The van der Waals surface area contributed by atoms with Crippen molar-refractivity contribution < 1.29 is 4.79 Å². The largest absolute Gasteiger partial charge is 0.336 e. The van der Waals surface area contributed by atoms with E-state index in [2.05, 4.69) is 40.2 Å². The topological polar surface area (TPSA) is 36.4 Å². The lowest BCUT2D eigenvalue weighted by molar-refractivity contribution is 0.0756. The summed E-state index contributed by atoms with van der Waals surface area (Å²) in [4.78, 5) is 20.9. The zero-order valence-electron chi connectivity index (χ0n) is 13.1. The smallest absolute Gasteiger partial charge is 0.273 e. The lowest BCUT2D eigenvalue weighted by atomic mass is 10.1. The van der Waals surface area contributed by atoms with Crippen molar-refractivity contribution in [2.24, 2.45) is 0 Å². The number of halogens is 1. The molecule has 0 atom stereocenters. The summed E-state index contributed by atoms with van der Waals surface area (Å²) in [6, 6.07) is 10.6. The van der Waals surface area contributed by atoms with Crippen molar-refractivity contribution in [3.05, 3.63) is 52.5 Å². The van der Waals surface area contributed by atoms with E-state index in [0.29, 0.717) is 5.69 Å². The molecule has 1 aliphatic heterocycles. The van der Waals surface area contributed by atoms with Crippen LogP contribution in [0, 0.1) is 0 Å². The van der Waals surface area contributed by atoms with Crippen molar-refractivity contribution in [3.63, 3.8) is 0 Å². The number of thiazole rings is 1. The molecule has 0 bridgehead atoms. The third-order valence-electron chi connectivity index (χ3n) is 4.09. The number of carbonyl (C=O) groups excluding carboxylic acids is 1. The first-order chi connectivity index (χ1) is 10.8. The number of aromatic nitrogens is 1. The molecular formula is C17H22ClN3OS. The van der Waals surface area contributed by atoms with Crippen molar-refractivity contribution in [1.82, 2.24) is 14.8 Å². The molecule has 1 amide bonds. The second kappa shape index (κ2) is 9.01.